The summed E-state index contributed by atoms with van der Waals surface area (Å²) in [5, 5.41) is 0. The lowest BCUT2D eigenvalue weighted by atomic mass is 9.93. The van der Waals surface area contributed by atoms with Gasteiger partial charge in [-0.3, -0.25) is 0 Å². The predicted octanol–water partition coefficient (Wildman–Crippen LogP) is 3.05. The summed E-state index contributed by atoms with van der Waals surface area (Å²) in [5.74, 6) is 0.538. The number of hydrogen-bond donors (Lipinski definition) is 0. The quantitative estimate of drug-likeness (QED) is 0.761. The molecular formula is C12H12F2O3. The number of hydrogen-bond acceptors (Lipinski definition) is 3. The van der Waals surface area contributed by atoms with Crippen molar-refractivity contribution in [2.45, 2.75) is 25.7 Å². The van der Waals surface area contributed by atoms with Crippen molar-refractivity contribution in [3.63, 3.8) is 0 Å². The third-order valence-corrected chi connectivity index (χ3v) is 2.79. The number of rotatable bonds is 4. The molecule has 0 radical (unpaired) electrons. The molecule has 0 aromatic heterocycles. The van der Waals surface area contributed by atoms with Crippen LogP contribution in [-0.2, 0) is 4.79 Å². The van der Waals surface area contributed by atoms with Crippen LogP contribution in [0.4, 0.5) is 8.78 Å². The molecule has 2 rings (SSSR count). The first kappa shape index (κ1) is 11.8. The Balaban J connectivity index is 2.44. The second-order valence-corrected chi connectivity index (χ2v) is 3.94. The van der Waals surface area contributed by atoms with Crippen molar-refractivity contribution in [1.29, 1.82) is 0 Å². The van der Waals surface area contributed by atoms with Gasteiger partial charge in [0.2, 0.25) is 6.79 Å². The molecule has 0 saturated carbocycles. The molecule has 1 aliphatic heterocycles. The second-order valence-electron chi connectivity index (χ2n) is 3.94. The Bertz CT molecular complexity index is 432. The van der Waals surface area contributed by atoms with E-state index < -0.39 is 6.43 Å². The number of fused-ring (bicyclic) bond motifs is 1. The Morgan fingerprint density at radius 2 is 1.88 bits per heavy atom. The van der Waals surface area contributed by atoms with Crippen LogP contribution in [0, 0.1) is 0 Å². The maximum atomic E-state index is 12.9. The minimum atomic E-state index is -2.59. The first-order valence-corrected chi connectivity index (χ1v) is 5.28. The Labute approximate surface area is 97.3 Å². The number of carbonyl (C=O) groups excluding carboxylic acids is 1. The summed E-state index contributed by atoms with van der Waals surface area (Å²) in [6.45, 7) is 1.78. The average molecular weight is 242 g/mol. The first-order chi connectivity index (χ1) is 8.13. The summed E-state index contributed by atoms with van der Waals surface area (Å²) in [6.07, 6.45) is -1.65. The predicted molar refractivity (Wildman–Crippen MR) is 56.6 cm³/mol. The number of ether oxygens (including phenoxy) is 2. The Morgan fingerprint density at radius 3 is 2.41 bits per heavy atom. The highest BCUT2D eigenvalue weighted by Gasteiger charge is 2.24. The van der Waals surface area contributed by atoms with E-state index in [-0.39, 0.29) is 24.7 Å². The Kier molecular flexibility index (Phi) is 3.26. The molecule has 1 aliphatic rings. The van der Waals surface area contributed by atoms with Crippen LogP contribution >= 0.6 is 0 Å². The number of benzene rings is 1. The van der Waals surface area contributed by atoms with Gasteiger partial charge in [-0.2, -0.15) is 0 Å². The summed E-state index contributed by atoms with van der Waals surface area (Å²) in [5.41, 5.74) is 0.347. The van der Waals surface area contributed by atoms with Crippen molar-refractivity contribution >= 4 is 6.29 Å². The molecule has 1 atom stereocenters. The zero-order valence-corrected chi connectivity index (χ0v) is 9.28. The molecule has 3 nitrogen and oxygen atoms in total. The third-order valence-electron chi connectivity index (χ3n) is 2.79. The van der Waals surface area contributed by atoms with Crippen molar-refractivity contribution in [3.05, 3.63) is 23.3 Å². The van der Waals surface area contributed by atoms with Crippen LogP contribution in [0.2, 0.25) is 0 Å². The lowest BCUT2D eigenvalue weighted by molar-refractivity contribution is -0.108. The second kappa shape index (κ2) is 4.69. The molecule has 1 unspecified atom stereocenters. The monoisotopic (exact) mass is 242 g/mol. The van der Waals surface area contributed by atoms with Gasteiger partial charge in [0.25, 0.3) is 6.43 Å². The molecule has 17 heavy (non-hydrogen) atoms. The van der Waals surface area contributed by atoms with Gasteiger partial charge in [0, 0.05) is 12.0 Å². The summed E-state index contributed by atoms with van der Waals surface area (Å²) >= 11 is 0. The first-order valence-electron chi connectivity index (χ1n) is 5.28. The molecule has 0 fully saturated rings. The summed E-state index contributed by atoms with van der Waals surface area (Å²) < 4.78 is 36.0. The molecule has 0 spiro atoms. The highest BCUT2D eigenvalue weighted by atomic mass is 19.3. The molecule has 0 aliphatic carbocycles. The fourth-order valence-electron chi connectivity index (χ4n) is 1.86. The molecule has 0 bridgehead atoms. The van der Waals surface area contributed by atoms with Gasteiger partial charge in [-0.1, -0.05) is 6.92 Å². The van der Waals surface area contributed by atoms with Crippen LogP contribution in [0.5, 0.6) is 11.5 Å². The van der Waals surface area contributed by atoms with E-state index in [1.807, 2.05) is 0 Å². The van der Waals surface area contributed by atoms with Crippen molar-refractivity contribution in [3.8, 4) is 11.5 Å². The molecule has 92 valence electrons. The maximum Gasteiger partial charge on any atom is 0.264 e. The number of aldehydes is 1. The van der Waals surface area contributed by atoms with E-state index in [0.717, 1.165) is 6.29 Å². The highest BCUT2D eigenvalue weighted by molar-refractivity contribution is 5.55. The van der Waals surface area contributed by atoms with Crippen LogP contribution in [-0.4, -0.2) is 13.1 Å². The maximum absolute atomic E-state index is 12.9. The summed E-state index contributed by atoms with van der Waals surface area (Å²) in [7, 11) is 0. The van der Waals surface area contributed by atoms with Crippen molar-refractivity contribution in [2.75, 3.05) is 6.79 Å². The van der Waals surface area contributed by atoms with E-state index in [2.05, 4.69) is 0 Å². The minimum Gasteiger partial charge on any atom is -0.454 e. The van der Waals surface area contributed by atoms with Gasteiger partial charge >= 0.3 is 0 Å². The van der Waals surface area contributed by atoms with Gasteiger partial charge in [-0.25, -0.2) is 8.78 Å². The normalized spacial score (nSPS) is 15.1. The molecule has 1 aromatic carbocycles. The zero-order chi connectivity index (χ0) is 12.4. The van der Waals surface area contributed by atoms with Gasteiger partial charge < -0.3 is 14.3 Å². The number of carbonyl (C=O) groups is 1. The van der Waals surface area contributed by atoms with E-state index in [0.29, 0.717) is 17.1 Å². The molecule has 0 amide bonds. The van der Waals surface area contributed by atoms with Crippen LogP contribution in [0.25, 0.3) is 0 Å². The van der Waals surface area contributed by atoms with E-state index in [9.17, 15) is 13.6 Å². The molecule has 5 heteroatoms. The van der Waals surface area contributed by atoms with Crippen LogP contribution < -0.4 is 9.47 Å². The van der Waals surface area contributed by atoms with Crippen molar-refractivity contribution < 1.29 is 23.0 Å². The fourth-order valence-corrected chi connectivity index (χ4v) is 1.86. The number of alkyl halides is 2. The van der Waals surface area contributed by atoms with Gasteiger partial charge in [-0.05, 0) is 23.6 Å². The molecule has 1 aromatic rings. The van der Waals surface area contributed by atoms with Crippen molar-refractivity contribution in [2.24, 2.45) is 0 Å². The molecular weight excluding hydrogens is 230 g/mol. The smallest absolute Gasteiger partial charge is 0.264 e. The van der Waals surface area contributed by atoms with Crippen LogP contribution in [0.15, 0.2) is 12.1 Å². The summed E-state index contributed by atoms with van der Waals surface area (Å²) in [6, 6.07) is 2.83. The van der Waals surface area contributed by atoms with Gasteiger partial charge in [0.05, 0.1) is 0 Å². The largest absolute Gasteiger partial charge is 0.454 e. The highest BCUT2D eigenvalue weighted by Crippen LogP contribution is 2.40. The molecule has 0 N–H and O–H groups in total. The minimum absolute atomic E-state index is 0.0452. The standard InChI is InChI=1S/C12H12F2O3/c1-7(2-3-15)8-4-10-11(17-6-16-10)5-9(8)12(13)14/h3-5,7,12H,2,6H2,1H3. The fraction of sp³-hybridized carbons (Fsp3) is 0.417. The number of halogens is 2. The third kappa shape index (κ3) is 2.23. The topological polar surface area (TPSA) is 35.5 Å². The van der Waals surface area contributed by atoms with E-state index in [4.69, 9.17) is 9.47 Å². The van der Waals surface area contributed by atoms with Gasteiger partial charge in [0.15, 0.2) is 11.5 Å². The molecule has 0 saturated heterocycles. The lowest BCUT2D eigenvalue weighted by Crippen LogP contribution is -2.01. The molecule has 1 heterocycles. The Morgan fingerprint density at radius 1 is 1.29 bits per heavy atom. The van der Waals surface area contributed by atoms with Gasteiger partial charge in [0.1, 0.15) is 6.29 Å². The zero-order valence-electron chi connectivity index (χ0n) is 9.28. The Hall–Kier alpha value is -1.65. The van der Waals surface area contributed by atoms with Crippen LogP contribution in [0.3, 0.4) is 0 Å². The lowest BCUT2D eigenvalue weighted by Gasteiger charge is -2.14. The van der Waals surface area contributed by atoms with E-state index in [1.165, 1.54) is 12.1 Å². The average Bonchev–Trinajstić information content (AvgIpc) is 2.74. The van der Waals surface area contributed by atoms with Gasteiger partial charge in [-0.15, -0.1) is 0 Å². The van der Waals surface area contributed by atoms with E-state index in [1.54, 1.807) is 6.92 Å². The van der Waals surface area contributed by atoms with E-state index >= 15 is 0 Å². The SMILES string of the molecule is CC(CC=O)c1cc2c(cc1C(F)F)OCO2. The van der Waals surface area contributed by atoms with Crippen LogP contribution in [0.1, 0.15) is 36.8 Å². The summed E-state index contributed by atoms with van der Waals surface area (Å²) in [4.78, 5) is 10.5. The van der Waals surface area contributed by atoms with Crippen molar-refractivity contribution in [1.82, 2.24) is 0 Å².